The first-order valence-corrected chi connectivity index (χ1v) is 6.01. The Balaban J connectivity index is 2.24. The lowest BCUT2D eigenvalue weighted by molar-refractivity contribution is 0.628. The van der Waals surface area contributed by atoms with Crippen LogP contribution in [0.1, 0.15) is 29.9 Å². The van der Waals surface area contributed by atoms with Gasteiger partial charge in [0.25, 0.3) is 0 Å². The molecule has 0 aliphatic rings. The summed E-state index contributed by atoms with van der Waals surface area (Å²) in [6.45, 7) is 6.09. The van der Waals surface area contributed by atoms with Crippen LogP contribution in [0.3, 0.4) is 0 Å². The van der Waals surface area contributed by atoms with E-state index in [1.165, 1.54) is 17.7 Å². The molecule has 1 unspecified atom stereocenters. The summed E-state index contributed by atoms with van der Waals surface area (Å²) >= 11 is 0. The van der Waals surface area contributed by atoms with Gasteiger partial charge in [-0.15, -0.1) is 0 Å². The highest BCUT2D eigenvalue weighted by Crippen LogP contribution is 2.24. The zero-order chi connectivity index (χ0) is 13.3. The molecular formula is C14H18FN3. The monoisotopic (exact) mass is 247 g/mol. The first kappa shape index (κ1) is 12.6. The molecule has 1 heterocycles. The highest BCUT2D eigenvalue weighted by molar-refractivity contribution is 5.46. The van der Waals surface area contributed by atoms with Gasteiger partial charge >= 0.3 is 0 Å². The molecule has 0 saturated carbocycles. The third-order valence-corrected chi connectivity index (χ3v) is 3.21. The molecule has 0 aliphatic carbocycles. The number of halogens is 1. The van der Waals surface area contributed by atoms with Crippen molar-refractivity contribution in [2.24, 2.45) is 7.05 Å². The van der Waals surface area contributed by atoms with Gasteiger partial charge in [-0.3, -0.25) is 4.68 Å². The topological polar surface area (TPSA) is 29.9 Å². The number of hydrogen-bond acceptors (Lipinski definition) is 2. The van der Waals surface area contributed by atoms with Crippen molar-refractivity contribution in [2.75, 3.05) is 5.32 Å². The van der Waals surface area contributed by atoms with Crippen LogP contribution in [0.5, 0.6) is 0 Å². The highest BCUT2D eigenvalue weighted by atomic mass is 19.1. The minimum atomic E-state index is -0.230. The van der Waals surface area contributed by atoms with Gasteiger partial charge < -0.3 is 5.32 Å². The fourth-order valence-electron chi connectivity index (χ4n) is 2.32. The molecular weight excluding hydrogens is 229 g/mol. The van der Waals surface area contributed by atoms with Crippen LogP contribution in [0.4, 0.5) is 10.1 Å². The molecule has 3 nitrogen and oxygen atoms in total. The average molecular weight is 247 g/mol. The maximum Gasteiger partial charge on any atom is 0.125 e. The van der Waals surface area contributed by atoms with Crippen molar-refractivity contribution in [3.8, 4) is 0 Å². The summed E-state index contributed by atoms with van der Waals surface area (Å²) in [4.78, 5) is 0. The Kier molecular flexibility index (Phi) is 3.36. The van der Waals surface area contributed by atoms with E-state index in [0.717, 1.165) is 17.1 Å². The highest BCUT2D eigenvalue weighted by Gasteiger charge is 2.16. The zero-order valence-electron chi connectivity index (χ0n) is 11.2. The van der Waals surface area contributed by atoms with Crippen LogP contribution >= 0.6 is 0 Å². The Morgan fingerprint density at radius 3 is 2.61 bits per heavy atom. The molecule has 1 atom stereocenters. The lowest BCUT2D eigenvalue weighted by Crippen LogP contribution is -2.09. The van der Waals surface area contributed by atoms with E-state index in [9.17, 15) is 4.39 Å². The molecule has 96 valence electrons. The molecule has 1 aromatic carbocycles. The van der Waals surface area contributed by atoms with Crippen LogP contribution < -0.4 is 5.32 Å². The SMILES string of the molecule is Cc1nn(C)c(C)c1C(C)Nc1cccc(F)c1. The van der Waals surface area contributed by atoms with Gasteiger partial charge in [0.05, 0.1) is 11.7 Å². The second kappa shape index (κ2) is 4.80. The van der Waals surface area contributed by atoms with Crippen molar-refractivity contribution in [2.45, 2.75) is 26.8 Å². The number of aromatic nitrogens is 2. The molecule has 18 heavy (non-hydrogen) atoms. The predicted molar refractivity (Wildman–Crippen MR) is 71.1 cm³/mol. The normalized spacial score (nSPS) is 12.5. The molecule has 0 radical (unpaired) electrons. The summed E-state index contributed by atoms with van der Waals surface area (Å²) in [6, 6.07) is 6.60. The summed E-state index contributed by atoms with van der Waals surface area (Å²) in [5.74, 6) is -0.230. The maximum absolute atomic E-state index is 13.1. The van der Waals surface area contributed by atoms with Crippen molar-refractivity contribution >= 4 is 5.69 Å². The second-order valence-corrected chi connectivity index (χ2v) is 4.58. The van der Waals surface area contributed by atoms with Crippen molar-refractivity contribution in [3.63, 3.8) is 0 Å². The largest absolute Gasteiger partial charge is 0.378 e. The summed E-state index contributed by atoms with van der Waals surface area (Å²) in [5, 5.41) is 7.69. The van der Waals surface area contributed by atoms with Gasteiger partial charge in [-0.05, 0) is 39.0 Å². The fourth-order valence-corrected chi connectivity index (χ4v) is 2.32. The van der Waals surface area contributed by atoms with Gasteiger partial charge in [0.15, 0.2) is 0 Å². The van der Waals surface area contributed by atoms with E-state index < -0.39 is 0 Å². The van der Waals surface area contributed by atoms with Crippen molar-refractivity contribution in [1.29, 1.82) is 0 Å². The summed E-state index contributed by atoms with van der Waals surface area (Å²) in [6.07, 6.45) is 0. The van der Waals surface area contributed by atoms with Crippen LogP contribution in [0, 0.1) is 19.7 Å². The Morgan fingerprint density at radius 1 is 1.33 bits per heavy atom. The van der Waals surface area contributed by atoms with E-state index in [2.05, 4.69) is 17.3 Å². The molecule has 4 heteroatoms. The van der Waals surface area contributed by atoms with Gasteiger partial charge in [0.1, 0.15) is 5.82 Å². The van der Waals surface area contributed by atoms with Gasteiger partial charge in [-0.1, -0.05) is 6.07 Å². The van der Waals surface area contributed by atoms with Gasteiger partial charge in [-0.2, -0.15) is 5.10 Å². The van der Waals surface area contributed by atoms with Crippen molar-refractivity contribution in [1.82, 2.24) is 9.78 Å². The molecule has 0 spiro atoms. The predicted octanol–water partition coefficient (Wildman–Crippen LogP) is 3.35. The second-order valence-electron chi connectivity index (χ2n) is 4.58. The number of nitrogens with zero attached hydrogens (tertiary/aromatic N) is 2. The van der Waals surface area contributed by atoms with Crippen LogP contribution in [-0.2, 0) is 7.05 Å². The molecule has 2 rings (SSSR count). The number of anilines is 1. The third-order valence-electron chi connectivity index (χ3n) is 3.21. The molecule has 1 aromatic heterocycles. The van der Waals surface area contributed by atoms with Crippen LogP contribution in [0.25, 0.3) is 0 Å². The van der Waals surface area contributed by atoms with Crippen molar-refractivity contribution < 1.29 is 4.39 Å². The molecule has 1 N–H and O–H groups in total. The molecule has 0 fully saturated rings. The Bertz CT molecular complexity index is 560. The Labute approximate surface area is 107 Å². The third kappa shape index (κ3) is 2.37. The number of nitrogens with one attached hydrogen (secondary N) is 1. The minimum Gasteiger partial charge on any atom is -0.378 e. The molecule has 0 aliphatic heterocycles. The van der Waals surface area contributed by atoms with Gasteiger partial charge in [0.2, 0.25) is 0 Å². The van der Waals surface area contributed by atoms with E-state index in [4.69, 9.17) is 0 Å². The van der Waals surface area contributed by atoms with Gasteiger partial charge in [-0.25, -0.2) is 4.39 Å². The smallest absolute Gasteiger partial charge is 0.125 e. The standard InChI is InChI=1S/C14H18FN3/c1-9(14-10(2)17-18(4)11(14)3)16-13-7-5-6-12(15)8-13/h5-9,16H,1-4H3. The summed E-state index contributed by atoms with van der Waals surface area (Å²) in [5.41, 5.74) is 4.09. The van der Waals surface area contributed by atoms with Crippen LogP contribution in [0.15, 0.2) is 24.3 Å². The summed E-state index contributed by atoms with van der Waals surface area (Å²) in [7, 11) is 1.93. The van der Waals surface area contributed by atoms with Gasteiger partial charge in [0, 0.05) is 24.0 Å². The van der Waals surface area contributed by atoms with E-state index in [1.807, 2.05) is 31.6 Å². The molecule has 0 bridgehead atoms. The first-order chi connectivity index (χ1) is 8.49. The van der Waals surface area contributed by atoms with E-state index in [1.54, 1.807) is 6.07 Å². The summed E-state index contributed by atoms with van der Waals surface area (Å²) < 4.78 is 15.0. The van der Waals surface area contributed by atoms with Crippen LogP contribution in [-0.4, -0.2) is 9.78 Å². The lowest BCUT2D eigenvalue weighted by atomic mass is 10.1. The maximum atomic E-state index is 13.1. The number of rotatable bonds is 3. The van der Waals surface area contributed by atoms with E-state index in [-0.39, 0.29) is 11.9 Å². The Hall–Kier alpha value is -1.84. The van der Waals surface area contributed by atoms with E-state index in [0.29, 0.717) is 0 Å². The average Bonchev–Trinajstić information content (AvgIpc) is 2.53. The zero-order valence-corrected chi connectivity index (χ0v) is 11.2. The molecule has 2 aromatic rings. The number of benzene rings is 1. The number of hydrogen-bond donors (Lipinski definition) is 1. The van der Waals surface area contributed by atoms with Crippen LogP contribution in [0.2, 0.25) is 0 Å². The van der Waals surface area contributed by atoms with E-state index >= 15 is 0 Å². The quantitative estimate of drug-likeness (QED) is 0.901. The Morgan fingerprint density at radius 2 is 2.06 bits per heavy atom. The molecule has 0 saturated heterocycles. The first-order valence-electron chi connectivity index (χ1n) is 6.01. The minimum absolute atomic E-state index is 0.0977. The fraction of sp³-hybridized carbons (Fsp3) is 0.357. The number of aryl methyl sites for hydroxylation is 2. The van der Waals surface area contributed by atoms with Crippen molar-refractivity contribution in [3.05, 3.63) is 47.0 Å². The molecule has 0 amide bonds. The lowest BCUT2D eigenvalue weighted by Gasteiger charge is -2.16.